The summed E-state index contributed by atoms with van der Waals surface area (Å²) in [4.78, 5) is 0. The maximum atomic E-state index is 10.0. The molecule has 1 rings (SSSR count). The second-order valence-corrected chi connectivity index (χ2v) is 5.58. The first kappa shape index (κ1) is 13.0. The minimum Gasteiger partial charge on any atom is -0.393 e. The molecule has 1 aliphatic carbocycles. The van der Waals surface area contributed by atoms with E-state index in [-0.39, 0.29) is 6.10 Å². The number of aliphatic hydroxyl groups is 1. The molecule has 0 bridgehead atoms. The highest BCUT2D eigenvalue weighted by Crippen LogP contribution is 2.39. The minimum absolute atomic E-state index is 0.0275. The Bertz CT molecular complexity index is 174. The lowest BCUT2D eigenvalue weighted by Crippen LogP contribution is -2.35. The summed E-state index contributed by atoms with van der Waals surface area (Å²) < 4.78 is 0. The van der Waals surface area contributed by atoms with E-state index in [0.717, 1.165) is 18.3 Å². The van der Waals surface area contributed by atoms with E-state index < -0.39 is 0 Å². The molecule has 0 heterocycles. The van der Waals surface area contributed by atoms with Crippen LogP contribution >= 0.6 is 0 Å². The molecule has 0 saturated heterocycles. The first-order chi connectivity index (χ1) is 7.10. The van der Waals surface area contributed by atoms with Crippen LogP contribution < -0.4 is 0 Å². The maximum Gasteiger partial charge on any atom is 0.0571 e. The summed E-state index contributed by atoms with van der Waals surface area (Å²) in [6, 6.07) is 0. The Kier molecular flexibility index (Phi) is 5.11. The van der Waals surface area contributed by atoms with Gasteiger partial charge < -0.3 is 5.11 Å². The van der Waals surface area contributed by atoms with Crippen LogP contribution in [0.1, 0.15) is 59.8 Å². The van der Waals surface area contributed by atoms with Gasteiger partial charge in [0.1, 0.15) is 0 Å². The summed E-state index contributed by atoms with van der Waals surface area (Å²) >= 11 is 0. The number of hydrogen-bond donors (Lipinski definition) is 1. The van der Waals surface area contributed by atoms with Crippen LogP contribution in [-0.2, 0) is 0 Å². The van der Waals surface area contributed by atoms with E-state index in [2.05, 4.69) is 27.7 Å². The fraction of sp³-hybridized carbons (Fsp3) is 1.00. The Morgan fingerprint density at radius 2 is 1.67 bits per heavy atom. The van der Waals surface area contributed by atoms with Crippen LogP contribution in [0.15, 0.2) is 0 Å². The van der Waals surface area contributed by atoms with Gasteiger partial charge in [0.15, 0.2) is 0 Å². The number of hydrogen-bond acceptors (Lipinski definition) is 1. The Labute approximate surface area is 95.3 Å². The Balaban J connectivity index is 2.55. The molecule has 0 aromatic rings. The van der Waals surface area contributed by atoms with Crippen molar-refractivity contribution in [2.75, 3.05) is 0 Å². The van der Waals surface area contributed by atoms with Crippen molar-refractivity contribution in [3.05, 3.63) is 0 Å². The van der Waals surface area contributed by atoms with Crippen LogP contribution in [-0.4, -0.2) is 11.2 Å². The van der Waals surface area contributed by atoms with Gasteiger partial charge in [-0.1, -0.05) is 40.5 Å². The predicted octanol–water partition coefficient (Wildman–Crippen LogP) is 3.86. The average molecular weight is 212 g/mol. The monoisotopic (exact) mass is 212 g/mol. The first-order valence-electron chi connectivity index (χ1n) is 6.78. The summed E-state index contributed by atoms with van der Waals surface area (Å²) in [5, 5.41) is 10.0. The quantitative estimate of drug-likeness (QED) is 0.750. The SMILES string of the molecule is CCC(C)C1CCC(O)C(C(C)CC)C1. The van der Waals surface area contributed by atoms with Crippen molar-refractivity contribution in [3.8, 4) is 0 Å². The fourth-order valence-corrected chi connectivity index (χ4v) is 2.99. The molecule has 0 radical (unpaired) electrons. The molecule has 5 unspecified atom stereocenters. The summed E-state index contributed by atoms with van der Waals surface area (Å²) in [6.45, 7) is 9.20. The molecule has 1 fully saturated rings. The lowest BCUT2D eigenvalue weighted by Gasteiger charge is -2.39. The average Bonchev–Trinajstić information content (AvgIpc) is 2.27. The summed E-state index contributed by atoms with van der Waals surface area (Å²) in [5.41, 5.74) is 0. The van der Waals surface area contributed by atoms with Crippen molar-refractivity contribution in [1.82, 2.24) is 0 Å². The van der Waals surface area contributed by atoms with Gasteiger partial charge in [-0.3, -0.25) is 0 Å². The van der Waals surface area contributed by atoms with E-state index in [1.165, 1.54) is 25.7 Å². The molecule has 0 aliphatic heterocycles. The Morgan fingerprint density at radius 1 is 1.07 bits per heavy atom. The Hall–Kier alpha value is -0.0400. The van der Waals surface area contributed by atoms with Crippen LogP contribution in [0, 0.1) is 23.7 Å². The molecular weight excluding hydrogens is 184 g/mol. The van der Waals surface area contributed by atoms with E-state index in [4.69, 9.17) is 0 Å². The predicted molar refractivity (Wildman–Crippen MR) is 65.7 cm³/mol. The molecule has 5 atom stereocenters. The van der Waals surface area contributed by atoms with Gasteiger partial charge in [-0.05, 0) is 42.9 Å². The smallest absolute Gasteiger partial charge is 0.0571 e. The third kappa shape index (κ3) is 3.21. The molecule has 1 N–H and O–H groups in total. The molecule has 0 amide bonds. The van der Waals surface area contributed by atoms with Crippen molar-refractivity contribution in [2.45, 2.75) is 65.9 Å². The normalized spacial score (nSPS) is 36.2. The van der Waals surface area contributed by atoms with Crippen LogP contribution in [0.25, 0.3) is 0 Å². The van der Waals surface area contributed by atoms with Crippen LogP contribution in [0.4, 0.5) is 0 Å². The van der Waals surface area contributed by atoms with Gasteiger partial charge in [0, 0.05) is 0 Å². The van der Waals surface area contributed by atoms with Gasteiger partial charge in [-0.2, -0.15) is 0 Å². The van der Waals surface area contributed by atoms with Crippen LogP contribution in [0.3, 0.4) is 0 Å². The maximum absolute atomic E-state index is 10.0. The van der Waals surface area contributed by atoms with Crippen molar-refractivity contribution in [2.24, 2.45) is 23.7 Å². The van der Waals surface area contributed by atoms with Gasteiger partial charge in [0.25, 0.3) is 0 Å². The number of rotatable bonds is 4. The van der Waals surface area contributed by atoms with Gasteiger partial charge in [0.2, 0.25) is 0 Å². The van der Waals surface area contributed by atoms with Gasteiger partial charge in [-0.15, -0.1) is 0 Å². The molecular formula is C14H28O. The standard InChI is InChI=1S/C14H28O/c1-5-10(3)12-7-8-14(15)13(9-12)11(4)6-2/h10-15H,5-9H2,1-4H3. The van der Waals surface area contributed by atoms with Gasteiger partial charge in [-0.25, -0.2) is 0 Å². The summed E-state index contributed by atoms with van der Waals surface area (Å²) in [6.07, 6.45) is 5.99. The van der Waals surface area contributed by atoms with Crippen molar-refractivity contribution >= 4 is 0 Å². The largest absolute Gasteiger partial charge is 0.393 e. The highest BCUT2D eigenvalue weighted by molar-refractivity contribution is 4.84. The topological polar surface area (TPSA) is 20.2 Å². The molecule has 0 spiro atoms. The second-order valence-electron chi connectivity index (χ2n) is 5.58. The third-order valence-electron chi connectivity index (χ3n) is 4.73. The number of aliphatic hydroxyl groups excluding tert-OH is 1. The van der Waals surface area contributed by atoms with E-state index in [1.54, 1.807) is 0 Å². The van der Waals surface area contributed by atoms with E-state index in [9.17, 15) is 5.11 Å². The van der Waals surface area contributed by atoms with E-state index >= 15 is 0 Å². The van der Waals surface area contributed by atoms with E-state index in [1.807, 2.05) is 0 Å². The highest BCUT2D eigenvalue weighted by atomic mass is 16.3. The molecule has 1 aliphatic rings. The zero-order valence-electron chi connectivity index (χ0n) is 10.9. The van der Waals surface area contributed by atoms with Crippen molar-refractivity contribution in [1.29, 1.82) is 0 Å². The summed E-state index contributed by atoms with van der Waals surface area (Å²) in [7, 11) is 0. The molecule has 1 saturated carbocycles. The second kappa shape index (κ2) is 5.89. The summed E-state index contributed by atoms with van der Waals surface area (Å²) in [5.74, 6) is 2.94. The van der Waals surface area contributed by atoms with E-state index in [0.29, 0.717) is 11.8 Å². The Morgan fingerprint density at radius 3 is 2.20 bits per heavy atom. The minimum atomic E-state index is -0.0275. The zero-order chi connectivity index (χ0) is 11.4. The van der Waals surface area contributed by atoms with Gasteiger partial charge in [0.05, 0.1) is 6.10 Å². The fourth-order valence-electron chi connectivity index (χ4n) is 2.99. The van der Waals surface area contributed by atoms with Crippen LogP contribution in [0.2, 0.25) is 0 Å². The molecule has 90 valence electrons. The molecule has 0 aromatic heterocycles. The zero-order valence-corrected chi connectivity index (χ0v) is 10.9. The van der Waals surface area contributed by atoms with Crippen LogP contribution in [0.5, 0.6) is 0 Å². The third-order valence-corrected chi connectivity index (χ3v) is 4.73. The highest BCUT2D eigenvalue weighted by Gasteiger charge is 2.33. The molecule has 1 nitrogen and oxygen atoms in total. The van der Waals surface area contributed by atoms with Crippen molar-refractivity contribution < 1.29 is 5.11 Å². The van der Waals surface area contributed by atoms with Gasteiger partial charge >= 0.3 is 0 Å². The molecule has 0 aromatic carbocycles. The lowest BCUT2D eigenvalue weighted by molar-refractivity contribution is 0.00864. The lowest BCUT2D eigenvalue weighted by atomic mass is 9.69. The van der Waals surface area contributed by atoms with Crippen molar-refractivity contribution in [3.63, 3.8) is 0 Å². The first-order valence-corrected chi connectivity index (χ1v) is 6.78. The molecule has 1 heteroatoms. The molecule has 15 heavy (non-hydrogen) atoms.